The van der Waals surface area contributed by atoms with Crippen LogP contribution in [0.25, 0.3) is 10.2 Å². The number of benzene rings is 1. The Morgan fingerprint density at radius 1 is 1.11 bits per heavy atom. The fourth-order valence-electron chi connectivity index (χ4n) is 1.99. The third-order valence-electron chi connectivity index (χ3n) is 3.02. The molecule has 96 valence electrons. The summed E-state index contributed by atoms with van der Waals surface area (Å²) in [6.07, 6.45) is 5.63. The van der Waals surface area contributed by atoms with Crippen LogP contribution in [0.2, 0.25) is 0 Å². The van der Waals surface area contributed by atoms with Crippen molar-refractivity contribution in [2.24, 2.45) is 0 Å². The molecule has 0 aliphatic heterocycles. The molecule has 0 N–H and O–H groups in total. The van der Waals surface area contributed by atoms with E-state index in [9.17, 15) is 0 Å². The molecule has 2 aromatic heterocycles. The molecule has 0 bridgehead atoms. The average molecular weight is 270 g/mol. The Labute approximate surface area is 115 Å². The Morgan fingerprint density at radius 2 is 1.95 bits per heavy atom. The Balaban J connectivity index is 1.78. The molecule has 1 aromatic carbocycles. The van der Waals surface area contributed by atoms with Crippen molar-refractivity contribution in [1.29, 1.82) is 0 Å². The predicted octanol–water partition coefficient (Wildman–Crippen LogP) is 3.49. The van der Waals surface area contributed by atoms with Crippen LogP contribution in [-0.2, 0) is 12.8 Å². The first-order valence-corrected chi connectivity index (χ1v) is 6.99. The van der Waals surface area contributed by atoms with Crippen molar-refractivity contribution in [3.8, 4) is 5.75 Å². The first kappa shape index (κ1) is 12.1. The molecule has 4 heteroatoms. The van der Waals surface area contributed by atoms with Crippen molar-refractivity contribution in [1.82, 2.24) is 9.97 Å². The summed E-state index contributed by atoms with van der Waals surface area (Å²) in [5.41, 5.74) is 2.35. The molecule has 3 rings (SSSR count). The van der Waals surface area contributed by atoms with E-state index in [2.05, 4.69) is 22.1 Å². The van der Waals surface area contributed by atoms with E-state index in [1.54, 1.807) is 18.4 Å². The summed E-state index contributed by atoms with van der Waals surface area (Å²) >= 11 is 1.74. The second-order valence-corrected chi connectivity index (χ2v) is 5.41. The topological polar surface area (TPSA) is 35.0 Å². The van der Waals surface area contributed by atoms with Gasteiger partial charge in [-0.2, -0.15) is 0 Å². The van der Waals surface area contributed by atoms with Gasteiger partial charge in [-0.15, -0.1) is 11.3 Å². The van der Waals surface area contributed by atoms with Gasteiger partial charge in [-0.3, -0.25) is 4.98 Å². The molecule has 0 fully saturated rings. The van der Waals surface area contributed by atoms with Crippen LogP contribution in [-0.4, -0.2) is 17.1 Å². The number of nitrogens with zero attached hydrogens (tertiary/aromatic N) is 2. The van der Waals surface area contributed by atoms with Crippen LogP contribution in [0.4, 0.5) is 0 Å². The number of hydrogen-bond donors (Lipinski definition) is 0. The van der Waals surface area contributed by atoms with Crippen LogP contribution in [0.5, 0.6) is 5.75 Å². The molecule has 3 aromatic rings. The first-order chi connectivity index (χ1) is 9.35. The summed E-state index contributed by atoms with van der Waals surface area (Å²) in [6, 6.07) is 10.1. The van der Waals surface area contributed by atoms with Gasteiger partial charge in [0.2, 0.25) is 0 Å². The van der Waals surface area contributed by atoms with E-state index in [1.165, 1.54) is 15.3 Å². The van der Waals surface area contributed by atoms with Crippen LogP contribution < -0.4 is 4.74 Å². The highest BCUT2D eigenvalue weighted by Crippen LogP contribution is 2.26. The summed E-state index contributed by atoms with van der Waals surface area (Å²) in [5, 5.41) is 1.17. The number of aryl methyl sites for hydroxylation is 2. The summed E-state index contributed by atoms with van der Waals surface area (Å²) in [6.45, 7) is 0. The molecule has 0 saturated carbocycles. The minimum absolute atomic E-state index is 0.886. The van der Waals surface area contributed by atoms with Crippen LogP contribution in [0.15, 0.2) is 42.7 Å². The van der Waals surface area contributed by atoms with Crippen LogP contribution >= 0.6 is 11.3 Å². The Kier molecular flexibility index (Phi) is 3.42. The maximum absolute atomic E-state index is 5.23. The van der Waals surface area contributed by atoms with E-state index in [1.807, 2.05) is 30.6 Å². The summed E-state index contributed by atoms with van der Waals surface area (Å²) < 4.78 is 6.42. The average Bonchev–Trinajstić information content (AvgIpc) is 2.88. The molecule has 0 atom stereocenters. The zero-order valence-corrected chi connectivity index (χ0v) is 11.5. The highest BCUT2D eigenvalue weighted by Gasteiger charge is 2.05. The van der Waals surface area contributed by atoms with Crippen molar-refractivity contribution in [2.45, 2.75) is 12.8 Å². The van der Waals surface area contributed by atoms with E-state index < -0.39 is 0 Å². The van der Waals surface area contributed by atoms with Gasteiger partial charge in [0.15, 0.2) is 0 Å². The van der Waals surface area contributed by atoms with E-state index in [0.29, 0.717) is 0 Å². The van der Waals surface area contributed by atoms with Crippen LogP contribution in [0.3, 0.4) is 0 Å². The summed E-state index contributed by atoms with van der Waals surface area (Å²) in [4.78, 5) is 8.68. The Bertz CT molecular complexity index is 679. The molecule has 3 nitrogen and oxygen atoms in total. The molecule has 0 saturated heterocycles. The van der Waals surface area contributed by atoms with Gasteiger partial charge < -0.3 is 4.74 Å². The SMILES string of the molecule is COc1ccc2nc(CCc3ccncc3)sc2c1. The molecule has 0 aliphatic rings. The van der Waals surface area contributed by atoms with Gasteiger partial charge >= 0.3 is 0 Å². The smallest absolute Gasteiger partial charge is 0.120 e. The molecule has 0 aliphatic carbocycles. The zero-order valence-electron chi connectivity index (χ0n) is 10.7. The van der Waals surface area contributed by atoms with E-state index in [0.717, 1.165) is 24.1 Å². The lowest BCUT2D eigenvalue weighted by Gasteiger charge is -1.96. The van der Waals surface area contributed by atoms with Crippen LogP contribution in [0, 0.1) is 0 Å². The number of pyridine rings is 1. The highest BCUT2D eigenvalue weighted by molar-refractivity contribution is 7.18. The summed E-state index contributed by atoms with van der Waals surface area (Å²) in [7, 11) is 1.69. The number of rotatable bonds is 4. The fraction of sp³-hybridized carbons (Fsp3) is 0.200. The predicted molar refractivity (Wildman–Crippen MR) is 77.8 cm³/mol. The molecule has 0 spiro atoms. The van der Waals surface area contributed by atoms with Crippen LogP contribution in [0.1, 0.15) is 10.6 Å². The lowest BCUT2D eigenvalue weighted by molar-refractivity contribution is 0.415. The molecule has 0 amide bonds. The highest BCUT2D eigenvalue weighted by atomic mass is 32.1. The molecular formula is C15H14N2OS. The normalized spacial score (nSPS) is 10.8. The van der Waals surface area contributed by atoms with Gasteiger partial charge in [0, 0.05) is 18.8 Å². The molecule has 19 heavy (non-hydrogen) atoms. The second-order valence-electron chi connectivity index (χ2n) is 4.30. The number of methoxy groups -OCH3 is 1. The molecule has 2 heterocycles. The molecule has 0 radical (unpaired) electrons. The zero-order chi connectivity index (χ0) is 13.1. The maximum atomic E-state index is 5.23. The first-order valence-electron chi connectivity index (χ1n) is 6.17. The van der Waals surface area contributed by atoms with Gasteiger partial charge in [0.25, 0.3) is 0 Å². The van der Waals surface area contributed by atoms with Gasteiger partial charge in [0.05, 0.1) is 22.3 Å². The minimum Gasteiger partial charge on any atom is -0.497 e. The van der Waals surface area contributed by atoms with E-state index in [4.69, 9.17) is 4.74 Å². The second kappa shape index (κ2) is 5.36. The quantitative estimate of drug-likeness (QED) is 0.728. The van der Waals surface area contributed by atoms with Gasteiger partial charge in [-0.25, -0.2) is 4.98 Å². The standard InChI is InChI=1S/C15H14N2OS/c1-18-12-3-4-13-14(10-12)19-15(17-13)5-2-11-6-8-16-9-7-11/h3-4,6-10H,2,5H2,1H3. The van der Waals surface area contributed by atoms with Gasteiger partial charge in [-0.1, -0.05) is 0 Å². The third kappa shape index (κ3) is 2.74. The van der Waals surface area contributed by atoms with Crippen molar-refractivity contribution in [2.75, 3.05) is 7.11 Å². The number of fused-ring (bicyclic) bond motifs is 1. The largest absolute Gasteiger partial charge is 0.497 e. The molecule has 0 unspecified atom stereocenters. The number of thiazole rings is 1. The number of hydrogen-bond acceptors (Lipinski definition) is 4. The van der Waals surface area contributed by atoms with E-state index >= 15 is 0 Å². The van der Waals surface area contributed by atoms with Crippen molar-refractivity contribution >= 4 is 21.6 Å². The maximum Gasteiger partial charge on any atom is 0.120 e. The Morgan fingerprint density at radius 3 is 2.74 bits per heavy atom. The van der Waals surface area contributed by atoms with Crippen molar-refractivity contribution in [3.05, 3.63) is 53.3 Å². The minimum atomic E-state index is 0.886. The Hall–Kier alpha value is -1.94. The third-order valence-corrected chi connectivity index (χ3v) is 4.09. The van der Waals surface area contributed by atoms with Crippen molar-refractivity contribution < 1.29 is 4.74 Å². The lowest BCUT2D eigenvalue weighted by atomic mass is 10.1. The van der Waals surface area contributed by atoms with Gasteiger partial charge in [-0.05, 0) is 42.3 Å². The number of aromatic nitrogens is 2. The fourth-order valence-corrected chi connectivity index (χ4v) is 2.98. The number of ether oxygens (including phenoxy) is 1. The monoisotopic (exact) mass is 270 g/mol. The van der Waals surface area contributed by atoms with Gasteiger partial charge in [0.1, 0.15) is 5.75 Å². The lowest BCUT2D eigenvalue weighted by Crippen LogP contribution is -1.90. The summed E-state index contributed by atoms with van der Waals surface area (Å²) in [5.74, 6) is 0.886. The molecular weight excluding hydrogens is 256 g/mol. The van der Waals surface area contributed by atoms with E-state index in [-0.39, 0.29) is 0 Å². The van der Waals surface area contributed by atoms with Crippen molar-refractivity contribution in [3.63, 3.8) is 0 Å².